The summed E-state index contributed by atoms with van der Waals surface area (Å²) in [7, 11) is 0. The first-order valence-corrected chi connectivity index (χ1v) is 9.92. The zero-order valence-electron chi connectivity index (χ0n) is 17.6. The number of hydrogen-bond donors (Lipinski definition) is 1. The SMILES string of the molecule is CCCN(CCC)C(=O)c1cncc(C(=O)Nc2ccc(C(C)(C)C)cc2)c1. The minimum Gasteiger partial charge on any atom is -0.339 e. The first-order chi connectivity index (χ1) is 13.3. The number of benzene rings is 1. The molecule has 0 spiro atoms. The maximum atomic E-state index is 12.7. The maximum Gasteiger partial charge on any atom is 0.257 e. The minimum atomic E-state index is -0.275. The van der Waals surface area contributed by atoms with Gasteiger partial charge in [-0.15, -0.1) is 0 Å². The molecule has 5 nitrogen and oxygen atoms in total. The van der Waals surface area contributed by atoms with E-state index in [0.29, 0.717) is 29.9 Å². The summed E-state index contributed by atoms with van der Waals surface area (Å²) >= 11 is 0. The van der Waals surface area contributed by atoms with Crippen LogP contribution < -0.4 is 5.32 Å². The standard InChI is InChI=1S/C23H31N3O2/c1-6-12-26(13-7-2)22(28)18-14-17(15-24-16-18)21(27)25-20-10-8-19(9-11-20)23(3,4)5/h8-11,14-16H,6-7,12-13H2,1-5H3,(H,25,27). The van der Waals surface area contributed by atoms with Crippen LogP contribution in [0.2, 0.25) is 0 Å². The number of carbonyl (C=O) groups is 2. The summed E-state index contributed by atoms with van der Waals surface area (Å²) < 4.78 is 0. The van der Waals surface area contributed by atoms with E-state index in [0.717, 1.165) is 12.8 Å². The average Bonchev–Trinajstić information content (AvgIpc) is 2.67. The van der Waals surface area contributed by atoms with Gasteiger partial charge in [-0.25, -0.2) is 0 Å². The molecule has 1 N–H and O–H groups in total. The van der Waals surface area contributed by atoms with Crippen LogP contribution in [-0.4, -0.2) is 34.8 Å². The van der Waals surface area contributed by atoms with E-state index in [9.17, 15) is 9.59 Å². The van der Waals surface area contributed by atoms with Gasteiger partial charge in [-0.1, -0.05) is 46.8 Å². The Morgan fingerprint density at radius 2 is 1.54 bits per heavy atom. The van der Waals surface area contributed by atoms with Crippen molar-refractivity contribution in [3.05, 3.63) is 59.4 Å². The van der Waals surface area contributed by atoms with Gasteiger partial charge in [0.05, 0.1) is 11.1 Å². The van der Waals surface area contributed by atoms with Crippen LogP contribution in [0.25, 0.3) is 0 Å². The fourth-order valence-corrected chi connectivity index (χ4v) is 2.98. The second-order valence-electron chi connectivity index (χ2n) is 8.04. The summed E-state index contributed by atoms with van der Waals surface area (Å²) in [6, 6.07) is 9.44. The summed E-state index contributed by atoms with van der Waals surface area (Å²) in [5, 5.41) is 2.88. The Morgan fingerprint density at radius 3 is 2.07 bits per heavy atom. The van der Waals surface area contributed by atoms with Crippen molar-refractivity contribution in [1.82, 2.24) is 9.88 Å². The molecular formula is C23H31N3O2. The van der Waals surface area contributed by atoms with Crippen molar-refractivity contribution in [3.63, 3.8) is 0 Å². The highest BCUT2D eigenvalue weighted by molar-refractivity contribution is 6.05. The van der Waals surface area contributed by atoms with Gasteiger partial charge in [0.1, 0.15) is 0 Å². The smallest absolute Gasteiger partial charge is 0.257 e. The van der Waals surface area contributed by atoms with E-state index in [1.807, 2.05) is 43.0 Å². The normalized spacial score (nSPS) is 11.2. The zero-order chi connectivity index (χ0) is 20.7. The molecule has 0 atom stereocenters. The van der Waals surface area contributed by atoms with E-state index in [-0.39, 0.29) is 17.2 Å². The molecule has 28 heavy (non-hydrogen) atoms. The van der Waals surface area contributed by atoms with Crippen LogP contribution in [0.4, 0.5) is 5.69 Å². The molecule has 0 radical (unpaired) electrons. The molecule has 0 aliphatic carbocycles. The Labute approximate surface area is 168 Å². The molecule has 5 heteroatoms. The van der Waals surface area contributed by atoms with Gasteiger partial charge in [0, 0.05) is 31.2 Å². The summed E-state index contributed by atoms with van der Waals surface area (Å²) in [6.45, 7) is 11.9. The van der Waals surface area contributed by atoms with Crippen LogP contribution in [-0.2, 0) is 5.41 Å². The number of rotatable bonds is 7. The predicted molar refractivity (Wildman–Crippen MR) is 114 cm³/mol. The van der Waals surface area contributed by atoms with E-state index in [2.05, 4.69) is 31.1 Å². The third kappa shape index (κ3) is 5.65. The van der Waals surface area contributed by atoms with E-state index < -0.39 is 0 Å². The molecule has 2 rings (SSSR count). The lowest BCUT2D eigenvalue weighted by Gasteiger charge is -2.21. The highest BCUT2D eigenvalue weighted by Crippen LogP contribution is 2.23. The van der Waals surface area contributed by atoms with Crippen molar-refractivity contribution in [3.8, 4) is 0 Å². The Bertz CT molecular complexity index is 801. The van der Waals surface area contributed by atoms with E-state index in [4.69, 9.17) is 0 Å². The van der Waals surface area contributed by atoms with Crippen LogP contribution in [0.15, 0.2) is 42.7 Å². The fraction of sp³-hybridized carbons (Fsp3) is 0.435. The van der Waals surface area contributed by atoms with Crippen LogP contribution in [0.5, 0.6) is 0 Å². The minimum absolute atomic E-state index is 0.0595. The number of aromatic nitrogens is 1. The zero-order valence-corrected chi connectivity index (χ0v) is 17.6. The molecule has 0 bridgehead atoms. The largest absolute Gasteiger partial charge is 0.339 e. The monoisotopic (exact) mass is 381 g/mol. The van der Waals surface area contributed by atoms with Gasteiger partial charge in [-0.3, -0.25) is 14.6 Å². The highest BCUT2D eigenvalue weighted by atomic mass is 16.2. The number of pyridine rings is 1. The highest BCUT2D eigenvalue weighted by Gasteiger charge is 2.17. The summed E-state index contributed by atoms with van der Waals surface area (Å²) in [4.78, 5) is 31.3. The summed E-state index contributed by atoms with van der Waals surface area (Å²) in [5.74, 6) is -0.358. The summed E-state index contributed by atoms with van der Waals surface area (Å²) in [6.07, 6.45) is 4.79. The van der Waals surface area contributed by atoms with Crippen molar-refractivity contribution in [2.24, 2.45) is 0 Å². The number of carbonyl (C=O) groups excluding carboxylic acids is 2. The van der Waals surface area contributed by atoms with Crippen molar-refractivity contribution in [2.45, 2.75) is 52.9 Å². The molecule has 0 saturated carbocycles. The first-order valence-electron chi connectivity index (χ1n) is 9.92. The molecule has 2 aromatic rings. The molecule has 0 aliphatic heterocycles. The van der Waals surface area contributed by atoms with Gasteiger partial charge in [0.15, 0.2) is 0 Å². The predicted octanol–water partition coefficient (Wildman–Crippen LogP) is 4.89. The molecule has 1 aromatic heterocycles. The van der Waals surface area contributed by atoms with Gasteiger partial charge in [0.25, 0.3) is 11.8 Å². The first kappa shape index (κ1) is 21.6. The van der Waals surface area contributed by atoms with Crippen molar-refractivity contribution in [1.29, 1.82) is 0 Å². The van der Waals surface area contributed by atoms with Crippen LogP contribution in [0, 0.1) is 0 Å². The molecule has 0 unspecified atom stereocenters. The molecule has 150 valence electrons. The topological polar surface area (TPSA) is 62.3 Å². The molecular weight excluding hydrogens is 350 g/mol. The van der Waals surface area contributed by atoms with Gasteiger partial charge >= 0.3 is 0 Å². The lowest BCUT2D eigenvalue weighted by molar-refractivity contribution is 0.0755. The molecule has 1 aromatic carbocycles. The number of nitrogens with zero attached hydrogens (tertiary/aromatic N) is 2. The van der Waals surface area contributed by atoms with Gasteiger partial charge < -0.3 is 10.2 Å². The Balaban J connectivity index is 2.14. The van der Waals surface area contributed by atoms with E-state index in [1.54, 1.807) is 6.07 Å². The number of amides is 2. The average molecular weight is 382 g/mol. The van der Waals surface area contributed by atoms with Crippen molar-refractivity contribution in [2.75, 3.05) is 18.4 Å². The second-order valence-corrected chi connectivity index (χ2v) is 8.04. The van der Waals surface area contributed by atoms with Crippen molar-refractivity contribution < 1.29 is 9.59 Å². The number of nitrogens with one attached hydrogen (secondary N) is 1. The molecule has 0 fully saturated rings. The van der Waals surface area contributed by atoms with Crippen LogP contribution in [0.1, 0.15) is 73.7 Å². The molecule has 1 heterocycles. The maximum absolute atomic E-state index is 12.7. The molecule has 2 amide bonds. The Hall–Kier alpha value is -2.69. The number of anilines is 1. The van der Waals surface area contributed by atoms with Gasteiger partial charge in [-0.05, 0) is 42.0 Å². The van der Waals surface area contributed by atoms with Crippen LogP contribution in [0.3, 0.4) is 0 Å². The van der Waals surface area contributed by atoms with E-state index >= 15 is 0 Å². The summed E-state index contributed by atoms with van der Waals surface area (Å²) in [5.41, 5.74) is 2.79. The Morgan fingerprint density at radius 1 is 0.964 bits per heavy atom. The van der Waals surface area contributed by atoms with Crippen LogP contribution >= 0.6 is 0 Å². The lowest BCUT2D eigenvalue weighted by Crippen LogP contribution is -2.32. The van der Waals surface area contributed by atoms with Gasteiger partial charge in [0.2, 0.25) is 0 Å². The fourth-order valence-electron chi connectivity index (χ4n) is 2.98. The second kappa shape index (κ2) is 9.49. The lowest BCUT2D eigenvalue weighted by atomic mass is 9.87. The molecule has 0 aliphatic rings. The third-order valence-corrected chi connectivity index (χ3v) is 4.53. The molecule has 0 saturated heterocycles. The van der Waals surface area contributed by atoms with E-state index in [1.165, 1.54) is 18.0 Å². The Kier molecular flexibility index (Phi) is 7.32. The number of hydrogen-bond acceptors (Lipinski definition) is 3. The van der Waals surface area contributed by atoms with Gasteiger partial charge in [-0.2, -0.15) is 0 Å². The third-order valence-electron chi connectivity index (χ3n) is 4.53. The van der Waals surface area contributed by atoms with Crippen molar-refractivity contribution >= 4 is 17.5 Å². The quantitative estimate of drug-likeness (QED) is 0.742.